The molecule has 0 aliphatic carbocycles. The predicted molar refractivity (Wildman–Crippen MR) is 58.6 cm³/mol. The number of aliphatic hydroxyl groups is 2. The highest BCUT2D eigenvalue weighted by Crippen LogP contribution is 2.32. The first-order valence-electron chi connectivity index (χ1n) is 5.15. The maximum Gasteiger partial charge on any atom is 0.416 e. The number of benzene rings is 1. The van der Waals surface area contributed by atoms with Gasteiger partial charge in [-0.1, -0.05) is 6.07 Å². The summed E-state index contributed by atoms with van der Waals surface area (Å²) < 4.78 is 37.4. The molecule has 9 heteroatoms. The number of aliphatic hydroxyl groups excluding tert-OH is 2. The Kier molecular flexibility index (Phi) is 4.36. The second-order valence-corrected chi connectivity index (χ2v) is 3.90. The molecule has 0 bridgehead atoms. The first-order chi connectivity index (χ1) is 9.05. The minimum absolute atomic E-state index is 0.300. The third kappa shape index (κ3) is 3.25. The van der Waals surface area contributed by atoms with Gasteiger partial charge in [0.2, 0.25) is 5.91 Å². The summed E-state index contributed by atoms with van der Waals surface area (Å²) in [6.45, 7) is 0. The van der Waals surface area contributed by atoms with Gasteiger partial charge in [0.05, 0.1) is 11.1 Å². The minimum Gasteiger partial charge on any atom is -0.478 e. The Hall–Kier alpha value is -2.13. The quantitative estimate of drug-likeness (QED) is 0.635. The van der Waals surface area contributed by atoms with E-state index >= 15 is 0 Å². The molecule has 0 heterocycles. The molecule has 1 rings (SSSR count). The molecular formula is C11H10F3NO5. The number of carbonyl (C=O) groups is 2. The minimum atomic E-state index is -4.77. The van der Waals surface area contributed by atoms with Gasteiger partial charge in [0.1, 0.15) is 6.10 Å². The Bertz CT molecular complexity index is 543. The maximum atomic E-state index is 12.5. The van der Waals surface area contributed by atoms with Crippen molar-refractivity contribution in [1.29, 1.82) is 0 Å². The van der Waals surface area contributed by atoms with Crippen LogP contribution in [0.2, 0.25) is 0 Å². The molecule has 0 fully saturated rings. The van der Waals surface area contributed by atoms with Crippen LogP contribution < -0.4 is 5.73 Å². The SMILES string of the molecule is NC(=O)C(O)C(O)c1ccc(C(F)(F)F)cc1C(=O)O. The number of rotatable bonds is 4. The fourth-order valence-electron chi connectivity index (χ4n) is 1.50. The monoisotopic (exact) mass is 293 g/mol. The average molecular weight is 293 g/mol. The first-order valence-corrected chi connectivity index (χ1v) is 5.15. The smallest absolute Gasteiger partial charge is 0.416 e. The Morgan fingerprint density at radius 1 is 1.20 bits per heavy atom. The standard InChI is InChI=1S/C11H10F3NO5/c12-11(13,14)4-1-2-5(6(3-4)10(19)20)7(16)8(17)9(15)18/h1-3,7-8,16-17H,(H2,15,18)(H,19,20). The van der Waals surface area contributed by atoms with E-state index < -0.39 is 47.0 Å². The average Bonchev–Trinajstić information content (AvgIpc) is 2.34. The van der Waals surface area contributed by atoms with Crippen molar-refractivity contribution in [2.45, 2.75) is 18.4 Å². The summed E-state index contributed by atoms with van der Waals surface area (Å²) in [7, 11) is 0. The van der Waals surface area contributed by atoms with Gasteiger partial charge in [0, 0.05) is 0 Å². The zero-order valence-electron chi connectivity index (χ0n) is 9.76. The fourth-order valence-corrected chi connectivity index (χ4v) is 1.50. The van der Waals surface area contributed by atoms with Crippen LogP contribution in [0.1, 0.15) is 27.6 Å². The third-order valence-electron chi connectivity index (χ3n) is 2.52. The predicted octanol–water partition coefficient (Wildman–Crippen LogP) is 0.283. The maximum absolute atomic E-state index is 12.5. The number of hydrogen-bond acceptors (Lipinski definition) is 4. The Morgan fingerprint density at radius 2 is 1.75 bits per heavy atom. The largest absolute Gasteiger partial charge is 0.478 e. The van der Waals surface area contributed by atoms with E-state index in [1.165, 1.54) is 0 Å². The number of carboxylic acid groups (broad SMARTS) is 1. The molecule has 0 saturated carbocycles. The van der Waals surface area contributed by atoms with E-state index in [9.17, 15) is 33.0 Å². The lowest BCUT2D eigenvalue weighted by Gasteiger charge is -2.18. The van der Waals surface area contributed by atoms with Crippen molar-refractivity contribution >= 4 is 11.9 Å². The van der Waals surface area contributed by atoms with Crippen molar-refractivity contribution < 1.29 is 38.1 Å². The molecule has 0 aliphatic heterocycles. The lowest BCUT2D eigenvalue weighted by Crippen LogP contribution is -2.34. The van der Waals surface area contributed by atoms with Crippen molar-refractivity contribution in [3.05, 3.63) is 34.9 Å². The van der Waals surface area contributed by atoms with E-state index in [4.69, 9.17) is 10.8 Å². The van der Waals surface area contributed by atoms with Crippen LogP contribution in [0.4, 0.5) is 13.2 Å². The Labute approximate surface area is 110 Å². The topological polar surface area (TPSA) is 121 Å². The van der Waals surface area contributed by atoms with Crippen molar-refractivity contribution in [1.82, 2.24) is 0 Å². The van der Waals surface area contributed by atoms with Crippen molar-refractivity contribution in [3.63, 3.8) is 0 Å². The number of carbonyl (C=O) groups excluding carboxylic acids is 1. The van der Waals surface area contributed by atoms with E-state index in [2.05, 4.69) is 0 Å². The lowest BCUT2D eigenvalue weighted by atomic mass is 9.96. The molecule has 110 valence electrons. The Morgan fingerprint density at radius 3 is 2.15 bits per heavy atom. The van der Waals surface area contributed by atoms with Crippen LogP contribution in [0.25, 0.3) is 0 Å². The molecule has 2 atom stereocenters. The number of primary amides is 1. The van der Waals surface area contributed by atoms with E-state index in [0.29, 0.717) is 18.2 Å². The summed E-state index contributed by atoms with van der Waals surface area (Å²) in [6, 6.07) is 1.50. The summed E-state index contributed by atoms with van der Waals surface area (Å²) in [5.41, 5.74) is 2.06. The molecule has 1 aromatic carbocycles. The summed E-state index contributed by atoms with van der Waals surface area (Å²) in [6.07, 6.45) is -8.94. The number of halogens is 3. The fraction of sp³-hybridized carbons (Fsp3) is 0.273. The van der Waals surface area contributed by atoms with Crippen molar-refractivity contribution in [2.75, 3.05) is 0 Å². The zero-order valence-corrected chi connectivity index (χ0v) is 9.76. The number of aromatic carboxylic acids is 1. The molecular weight excluding hydrogens is 283 g/mol. The molecule has 0 saturated heterocycles. The highest BCUT2D eigenvalue weighted by Gasteiger charge is 2.34. The number of amides is 1. The second-order valence-electron chi connectivity index (χ2n) is 3.90. The second kappa shape index (κ2) is 5.47. The van der Waals surface area contributed by atoms with Gasteiger partial charge in [-0.2, -0.15) is 13.2 Å². The van der Waals surface area contributed by atoms with Crippen molar-refractivity contribution in [3.8, 4) is 0 Å². The summed E-state index contributed by atoms with van der Waals surface area (Å²) >= 11 is 0. The number of alkyl halides is 3. The molecule has 0 aliphatic rings. The van der Waals surface area contributed by atoms with E-state index in [0.717, 1.165) is 0 Å². The van der Waals surface area contributed by atoms with Gasteiger partial charge in [-0.25, -0.2) is 4.79 Å². The van der Waals surface area contributed by atoms with Gasteiger partial charge in [-0.15, -0.1) is 0 Å². The van der Waals surface area contributed by atoms with Crippen LogP contribution in [-0.2, 0) is 11.0 Å². The van der Waals surface area contributed by atoms with Crippen molar-refractivity contribution in [2.24, 2.45) is 5.73 Å². The van der Waals surface area contributed by atoms with E-state index in [1.54, 1.807) is 0 Å². The molecule has 1 amide bonds. The van der Waals surface area contributed by atoms with Crippen LogP contribution in [0.3, 0.4) is 0 Å². The molecule has 0 aromatic heterocycles. The van der Waals surface area contributed by atoms with E-state index in [1.807, 2.05) is 0 Å². The number of carboxylic acids is 1. The van der Waals surface area contributed by atoms with Gasteiger partial charge in [-0.05, 0) is 17.7 Å². The molecule has 6 nitrogen and oxygen atoms in total. The van der Waals surface area contributed by atoms with Gasteiger partial charge >= 0.3 is 12.1 Å². The van der Waals surface area contributed by atoms with Crippen LogP contribution in [-0.4, -0.2) is 33.3 Å². The first kappa shape index (κ1) is 15.9. The lowest BCUT2D eigenvalue weighted by molar-refractivity contribution is -0.138. The highest BCUT2D eigenvalue weighted by molar-refractivity contribution is 5.90. The normalized spacial score (nSPS) is 14.7. The third-order valence-corrected chi connectivity index (χ3v) is 2.52. The van der Waals surface area contributed by atoms with Gasteiger partial charge in [-0.3, -0.25) is 4.79 Å². The van der Waals surface area contributed by atoms with Crippen LogP contribution in [0.5, 0.6) is 0 Å². The molecule has 0 radical (unpaired) electrons. The molecule has 0 spiro atoms. The van der Waals surface area contributed by atoms with Crippen LogP contribution >= 0.6 is 0 Å². The number of nitrogens with two attached hydrogens (primary N) is 1. The number of hydrogen-bond donors (Lipinski definition) is 4. The molecule has 1 aromatic rings. The summed E-state index contributed by atoms with van der Waals surface area (Å²) in [4.78, 5) is 21.6. The van der Waals surface area contributed by atoms with Gasteiger partial charge < -0.3 is 21.1 Å². The highest BCUT2D eigenvalue weighted by atomic mass is 19.4. The molecule has 20 heavy (non-hydrogen) atoms. The summed E-state index contributed by atoms with van der Waals surface area (Å²) in [5.74, 6) is -3.09. The van der Waals surface area contributed by atoms with Crippen LogP contribution in [0, 0.1) is 0 Å². The zero-order chi connectivity index (χ0) is 15.7. The summed E-state index contributed by atoms with van der Waals surface area (Å²) in [5, 5.41) is 27.7. The Balaban J connectivity index is 3.34. The van der Waals surface area contributed by atoms with Gasteiger partial charge in [0.15, 0.2) is 6.10 Å². The van der Waals surface area contributed by atoms with E-state index in [-0.39, 0.29) is 0 Å². The molecule has 2 unspecified atom stereocenters. The molecule has 5 N–H and O–H groups in total. The van der Waals surface area contributed by atoms with Crippen LogP contribution in [0.15, 0.2) is 18.2 Å². The van der Waals surface area contributed by atoms with Gasteiger partial charge in [0.25, 0.3) is 0 Å².